The second-order valence-corrected chi connectivity index (χ2v) is 5.06. The summed E-state index contributed by atoms with van der Waals surface area (Å²) in [4.78, 5) is 11.1. The van der Waals surface area contributed by atoms with Crippen LogP contribution in [0.2, 0.25) is 5.02 Å². The maximum Gasteiger partial charge on any atom is 0.221 e. The molecule has 0 aromatic heterocycles. The minimum atomic E-state index is -0.236. The van der Waals surface area contributed by atoms with Gasteiger partial charge in [-0.15, -0.1) is 0 Å². The fraction of sp³-hybridized carbons (Fsp3) is 0.133. The van der Waals surface area contributed by atoms with E-state index in [4.69, 9.17) is 11.6 Å². The number of carbonyl (C=O) groups excluding carboxylic acids is 1. The van der Waals surface area contributed by atoms with Gasteiger partial charge in [-0.3, -0.25) is 4.79 Å². The molecule has 4 heteroatoms. The quantitative estimate of drug-likeness (QED) is 0.714. The minimum Gasteiger partial charge on any atom is -0.325 e. The van der Waals surface area contributed by atoms with Crippen LogP contribution in [0.3, 0.4) is 0 Å². The third kappa shape index (κ3) is 2.10. The van der Waals surface area contributed by atoms with E-state index < -0.39 is 0 Å². The van der Waals surface area contributed by atoms with Gasteiger partial charge in [0, 0.05) is 6.92 Å². The zero-order chi connectivity index (χ0) is 13.6. The van der Waals surface area contributed by atoms with Crippen LogP contribution in [0.1, 0.15) is 18.1 Å². The summed E-state index contributed by atoms with van der Waals surface area (Å²) < 4.78 is 13.2. The van der Waals surface area contributed by atoms with Crippen molar-refractivity contribution in [3.63, 3.8) is 0 Å². The Labute approximate surface area is 115 Å². The molecule has 0 heterocycles. The summed E-state index contributed by atoms with van der Waals surface area (Å²) in [5.41, 5.74) is 4.61. The summed E-state index contributed by atoms with van der Waals surface area (Å²) in [5.74, 6) is -0.400. The third-order valence-electron chi connectivity index (χ3n) is 3.24. The molecule has 0 atom stereocenters. The lowest BCUT2D eigenvalue weighted by Crippen LogP contribution is -2.06. The Balaban J connectivity index is 2.10. The highest BCUT2D eigenvalue weighted by atomic mass is 35.5. The molecule has 2 aromatic carbocycles. The molecule has 1 N–H and O–H groups in total. The lowest BCUT2D eigenvalue weighted by atomic mass is 10.1. The van der Waals surface area contributed by atoms with E-state index in [0.29, 0.717) is 17.1 Å². The predicted molar refractivity (Wildman–Crippen MR) is 74.0 cm³/mol. The van der Waals surface area contributed by atoms with Crippen LogP contribution < -0.4 is 5.32 Å². The first-order valence-electron chi connectivity index (χ1n) is 5.93. The fourth-order valence-electron chi connectivity index (χ4n) is 2.48. The van der Waals surface area contributed by atoms with E-state index in [0.717, 1.165) is 22.3 Å². The summed E-state index contributed by atoms with van der Waals surface area (Å²) in [6.07, 6.45) is 0.659. The molecular weight excluding hydrogens is 265 g/mol. The number of rotatable bonds is 1. The average molecular weight is 276 g/mol. The molecule has 3 rings (SSSR count). The Hall–Kier alpha value is -1.87. The first kappa shape index (κ1) is 12.2. The van der Waals surface area contributed by atoms with E-state index in [1.807, 2.05) is 12.1 Å². The maximum atomic E-state index is 13.2. The van der Waals surface area contributed by atoms with Gasteiger partial charge >= 0.3 is 0 Å². The monoisotopic (exact) mass is 275 g/mol. The van der Waals surface area contributed by atoms with E-state index in [2.05, 4.69) is 5.32 Å². The smallest absolute Gasteiger partial charge is 0.221 e. The normalized spacial score (nSPS) is 11.9. The molecular formula is C15H11ClFNO. The Morgan fingerprint density at radius 2 is 1.95 bits per heavy atom. The van der Waals surface area contributed by atoms with Crippen molar-refractivity contribution in [2.45, 2.75) is 13.3 Å². The number of anilines is 1. The van der Waals surface area contributed by atoms with Gasteiger partial charge in [0.2, 0.25) is 5.91 Å². The van der Waals surface area contributed by atoms with Crippen molar-refractivity contribution in [2.75, 3.05) is 5.32 Å². The molecule has 1 aliphatic rings. The van der Waals surface area contributed by atoms with Crippen LogP contribution in [-0.2, 0) is 11.2 Å². The highest BCUT2D eigenvalue weighted by molar-refractivity contribution is 6.34. The van der Waals surface area contributed by atoms with Crippen LogP contribution in [0.4, 0.5) is 10.1 Å². The molecule has 1 amide bonds. The largest absolute Gasteiger partial charge is 0.325 e. The van der Waals surface area contributed by atoms with Gasteiger partial charge in [0.15, 0.2) is 0 Å². The average Bonchev–Trinajstić information content (AvgIpc) is 2.65. The van der Waals surface area contributed by atoms with Crippen molar-refractivity contribution < 1.29 is 9.18 Å². The summed E-state index contributed by atoms with van der Waals surface area (Å²) in [6.45, 7) is 1.44. The van der Waals surface area contributed by atoms with Gasteiger partial charge in [0.25, 0.3) is 0 Å². The zero-order valence-electron chi connectivity index (χ0n) is 10.3. The predicted octanol–water partition coefficient (Wildman–Crippen LogP) is 4.01. The topological polar surface area (TPSA) is 29.1 Å². The number of amides is 1. The Kier molecular flexibility index (Phi) is 2.79. The van der Waals surface area contributed by atoms with Crippen LogP contribution in [0, 0.1) is 5.82 Å². The first-order valence-corrected chi connectivity index (χ1v) is 6.31. The number of benzene rings is 2. The van der Waals surface area contributed by atoms with E-state index in [1.54, 1.807) is 12.1 Å². The molecule has 0 unspecified atom stereocenters. The van der Waals surface area contributed by atoms with Gasteiger partial charge in [-0.05, 0) is 52.9 Å². The molecule has 0 bridgehead atoms. The van der Waals surface area contributed by atoms with Gasteiger partial charge in [-0.1, -0.05) is 17.7 Å². The Morgan fingerprint density at radius 3 is 2.68 bits per heavy atom. The van der Waals surface area contributed by atoms with Crippen molar-refractivity contribution >= 4 is 23.2 Å². The summed E-state index contributed by atoms with van der Waals surface area (Å²) in [6, 6.07) is 8.44. The van der Waals surface area contributed by atoms with Crippen molar-refractivity contribution in [3.05, 3.63) is 52.3 Å². The van der Waals surface area contributed by atoms with Crippen LogP contribution in [0.15, 0.2) is 30.3 Å². The highest BCUT2D eigenvalue weighted by Gasteiger charge is 2.21. The maximum absolute atomic E-state index is 13.2. The van der Waals surface area contributed by atoms with Crippen molar-refractivity contribution in [1.82, 2.24) is 0 Å². The van der Waals surface area contributed by atoms with Crippen molar-refractivity contribution in [1.29, 1.82) is 0 Å². The SMILES string of the molecule is CC(=O)Nc1cc2c(cc1Cl)-c1ccc(F)cc1C2. The number of hydrogen-bond acceptors (Lipinski definition) is 1. The van der Waals surface area contributed by atoms with E-state index in [1.165, 1.54) is 13.0 Å². The second-order valence-electron chi connectivity index (χ2n) is 4.65. The molecule has 0 saturated carbocycles. The number of nitrogens with one attached hydrogen (secondary N) is 1. The first-order chi connectivity index (χ1) is 9.04. The van der Waals surface area contributed by atoms with Crippen LogP contribution in [0.25, 0.3) is 11.1 Å². The molecule has 0 radical (unpaired) electrons. The number of halogens is 2. The molecule has 1 aliphatic carbocycles. The van der Waals surface area contributed by atoms with E-state index in [9.17, 15) is 9.18 Å². The standard InChI is InChI=1S/C15H11ClFNO/c1-8(19)18-15-6-10-4-9-5-11(17)2-3-12(9)13(10)7-14(15)16/h2-3,5-7H,4H2,1H3,(H,18,19). The number of carbonyl (C=O) groups is 1. The lowest BCUT2D eigenvalue weighted by molar-refractivity contribution is -0.114. The molecule has 0 fully saturated rings. The molecule has 96 valence electrons. The van der Waals surface area contributed by atoms with Gasteiger partial charge in [-0.2, -0.15) is 0 Å². The van der Waals surface area contributed by atoms with Gasteiger partial charge in [0.1, 0.15) is 5.82 Å². The Morgan fingerprint density at radius 1 is 1.21 bits per heavy atom. The van der Waals surface area contributed by atoms with Crippen LogP contribution in [0.5, 0.6) is 0 Å². The summed E-state index contributed by atoms with van der Waals surface area (Å²) >= 11 is 6.16. The van der Waals surface area contributed by atoms with E-state index >= 15 is 0 Å². The number of hydrogen-bond donors (Lipinski definition) is 1. The van der Waals surface area contributed by atoms with Crippen LogP contribution >= 0.6 is 11.6 Å². The lowest BCUT2D eigenvalue weighted by Gasteiger charge is -2.08. The second kappa shape index (κ2) is 4.35. The third-order valence-corrected chi connectivity index (χ3v) is 3.55. The van der Waals surface area contributed by atoms with Gasteiger partial charge in [-0.25, -0.2) is 4.39 Å². The van der Waals surface area contributed by atoms with Gasteiger partial charge < -0.3 is 5.32 Å². The van der Waals surface area contributed by atoms with Crippen molar-refractivity contribution in [3.8, 4) is 11.1 Å². The van der Waals surface area contributed by atoms with E-state index in [-0.39, 0.29) is 11.7 Å². The van der Waals surface area contributed by atoms with Crippen molar-refractivity contribution in [2.24, 2.45) is 0 Å². The molecule has 2 aromatic rings. The molecule has 2 nitrogen and oxygen atoms in total. The number of fused-ring (bicyclic) bond motifs is 3. The summed E-state index contributed by atoms with van der Waals surface area (Å²) in [7, 11) is 0. The molecule has 0 saturated heterocycles. The summed E-state index contributed by atoms with van der Waals surface area (Å²) in [5, 5.41) is 3.19. The highest BCUT2D eigenvalue weighted by Crippen LogP contribution is 2.41. The molecule has 0 aliphatic heterocycles. The fourth-order valence-corrected chi connectivity index (χ4v) is 2.69. The van der Waals surface area contributed by atoms with Gasteiger partial charge in [0.05, 0.1) is 10.7 Å². The minimum absolute atomic E-state index is 0.164. The molecule has 0 spiro atoms. The zero-order valence-corrected chi connectivity index (χ0v) is 11.0. The Bertz CT molecular complexity index is 697. The van der Waals surface area contributed by atoms with Crippen LogP contribution in [-0.4, -0.2) is 5.91 Å². The molecule has 19 heavy (non-hydrogen) atoms.